The molecule has 15 unspecified atom stereocenters. The van der Waals surface area contributed by atoms with E-state index in [1.807, 2.05) is 6.07 Å². The van der Waals surface area contributed by atoms with E-state index < -0.39 is 170 Å². The molecule has 1 amide bonds. The second-order valence-electron chi connectivity index (χ2n) is 30.7. The number of hydrogen-bond donors (Lipinski definition) is 9. The number of aliphatic hydroxyl groups excluding tert-OH is 4. The summed E-state index contributed by atoms with van der Waals surface area (Å²) < 4.78 is 35.9. The maximum absolute atomic E-state index is 14.6. The van der Waals surface area contributed by atoms with Gasteiger partial charge in [-0.15, -0.1) is 0 Å². The van der Waals surface area contributed by atoms with E-state index in [4.69, 9.17) is 28.4 Å². The van der Waals surface area contributed by atoms with Gasteiger partial charge in [0.25, 0.3) is 5.91 Å². The Morgan fingerprint density at radius 1 is 0.495 bits per heavy atom. The molecule has 2 heterocycles. The van der Waals surface area contributed by atoms with Crippen molar-refractivity contribution in [1.29, 1.82) is 0 Å². The average Bonchev–Trinajstić information content (AvgIpc) is 0.682. The van der Waals surface area contributed by atoms with Gasteiger partial charge in [-0.05, 0) is 86.4 Å². The first kappa shape index (κ1) is 83.8. The Kier molecular flexibility index (Phi) is 25.2. The third-order valence-electron chi connectivity index (χ3n) is 24.9. The van der Waals surface area contributed by atoms with Crippen LogP contribution in [0.25, 0.3) is 0 Å². The summed E-state index contributed by atoms with van der Waals surface area (Å²) in [6, 6.07) is 40.8. The number of carbonyl (C=O) groups is 7. The van der Waals surface area contributed by atoms with Crippen LogP contribution < -0.4 is 5.32 Å². The fourth-order valence-electron chi connectivity index (χ4n) is 17.9. The van der Waals surface area contributed by atoms with Crippen molar-refractivity contribution in [1.82, 2.24) is 5.32 Å². The number of ketones is 2. The van der Waals surface area contributed by atoms with Crippen molar-refractivity contribution in [2.45, 2.75) is 204 Å². The molecule has 0 aromatic heterocycles. The van der Waals surface area contributed by atoms with E-state index in [1.165, 1.54) is 19.1 Å². The van der Waals surface area contributed by atoms with E-state index in [2.05, 4.69) is 5.32 Å². The molecule has 0 spiro atoms. The summed E-state index contributed by atoms with van der Waals surface area (Å²) in [4.78, 5) is 97.6. The minimum atomic E-state index is -2.12. The van der Waals surface area contributed by atoms with Crippen LogP contribution in [0.4, 0.5) is 0 Å². The van der Waals surface area contributed by atoms with Crippen molar-refractivity contribution >= 4 is 41.4 Å². The van der Waals surface area contributed by atoms with Gasteiger partial charge in [0.05, 0.1) is 65.6 Å². The zero-order chi connectivity index (χ0) is 73.6. The van der Waals surface area contributed by atoms with Crippen molar-refractivity contribution in [2.75, 3.05) is 13.2 Å². The Bertz CT molecular complexity index is 4130. The summed E-state index contributed by atoms with van der Waals surface area (Å²) in [5.74, 6) is -8.24. The van der Waals surface area contributed by atoms with Crippen LogP contribution in [-0.2, 0) is 47.6 Å². The van der Waals surface area contributed by atoms with Crippen LogP contribution in [0.15, 0.2) is 174 Å². The summed E-state index contributed by atoms with van der Waals surface area (Å²) in [5.41, 5.74) is -9.80. The van der Waals surface area contributed by atoms with Gasteiger partial charge in [0.1, 0.15) is 58.4 Å². The number of hydrogen-bond acceptors (Lipinski definition) is 21. The first-order chi connectivity index (χ1) is 48.1. The van der Waals surface area contributed by atoms with E-state index in [0.717, 1.165) is 5.56 Å². The van der Waals surface area contributed by atoms with Crippen molar-refractivity contribution in [3.05, 3.63) is 202 Å². The number of benzene rings is 5. The molecule has 4 saturated carbocycles. The minimum Gasteiger partial charge on any atom is -0.456 e. The number of nitrogens with one attached hydrogen (secondary N) is 1. The van der Waals surface area contributed by atoms with Gasteiger partial charge in [-0.2, -0.15) is 0 Å². The number of rotatable bonds is 14. The molecule has 5 aromatic rings. The molecule has 105 heavy (non-hydrogen) atoms. The minimum absolute atomic E-state index is 0. The van der Waals surface area contributed by atoms with Crippen LogP contribution in [0, 0.1) is 122 Å². The third-order valence-corrected chi connectivity index (χ3v) is 24.9. The van der Waals surface area contributed by atoms with Crippen LogP contribution in [0.2, 0.25) is 0 Å². The Morgan fingerprint density at radius 2 is 0.829 bits per heavy atom. The van der Waals surface area contributed by atoms with Gasteiger partial charge >= 0.3 is 23.9 Å². The molecule has 2 aliphatic heterocycles. The quantitative estimate of drug-likeness (QED) is 0.0295. The first-order valence-corrected chi connectivity index (χ1v) is 34.8. The van der Waals surface area contributed by atoms with Crippen LogP contribution in [0.1, 0.15) is 162 Å². The Hall–Kier alpha value is -5.25. The zero-order valence-electron chi connectivity index (χ0n) is 59.7. The molecule has 4 bridgehead atoms. The summed E-state index contributed by atoms with van der Waals surface area (Å²) in [5, 5.41) is 99.3. The Balaban J connectivity index is 0.000000239. The van der Waals surface area contributed by atoms with E-state index in [-0.39, 0.29) is 158 Å². The molecule has 22 nitrogen and oxygen atoms in total. The Labute approximate surface area is 683 Å². The standard InChI is InChI=1S/C43H47NO11.C37H44O10.CH4.2Ac/c1-24-28-20-30(45)41(4)31(46)21-32-42(51,23-53-32)35(41)36(55-38(49)27-18-12-7-13-19-27)43(52,40(28,2)3)22-29(24)54-39(50)34(47)33(25-14-8-5-9-15-25)44-37(48)26-16-10-6-11-17-26;1-20(22-12-8-6-9-13-22)29(40)33(42)46-25-18-37(44)31(47-32(41)23-14-10-7-11-15-23)30-35(5,27(39)17-28-36(30,43)19-45-28)26(38)16-24(21(25)2)34(37,3)4;;;/h5-19,29,31-36,46-47,51-52H,20-23H2,1-4H3,(H,44,48);6-15,20,25,27-31,39-40,43-44H,16-19H2,1-5H3;1H4;;/t29?,31?,32?,33?,34?,35?,36?,41-,42+,43?;20-,25?,27?,28?,29?,30?,31?,35+,36-,37?;;;/m10.../s1. The number of aliphatic hydroxyl groups is 8. The number of esters is 4. The van der Waals surface area contributed by atoms with Crippen molar-refractivity contribution in [3.63, 3.8) is 0 Å². The smallest absolute Gasteiger partial charge is 0.338 e. The van der Waals surface area contributed by atoms with Crippen molar-refractivity contribution in [3.8, 4) is 0 Å². The van der Waals surface area contributed by atoms with Crippen LogP contribution in [0.5, 0.6) is 0 Å². The summed E-state index contributed by atoms with van der Waals surface area (Å²) in [6.07, 6.45) is -14.5. The number of carbonyl (C=O) groups excluding carboxylic acids is 7. The number of ether oxygens (including phenoxy) is 6. The van der Waals surface area contributed by atoms with Crippen molar-refractivity contribution < 1.29 is 191 Å². The number of fused-ring (bicyclic) bond motifs is 10. The number of Topliss-reactive ketones (excluding diaryl/α,β-unsaturated/α-hetero) is 2. The van der Waals surface area contributed by atoms with Crippen LogP contribution in [-0.4, -0.2) is 179 Å². The maximum atomic E-state index is 14.6. The molecule has 2 radical (unpaired) electrons. The SMILES string of the molecule is C.CC1=C2CC(=O)[C@]3(C)C(O)CC4OC[C@@]4(O)C3C(OC(=O)c3ccccc3)C(O)(CC1OC(=O)C(O)C(NC(=O)c1ccccc1)c1ccccc1)C2(C)C.CC1=C2CC(=O)[C@]3(C)C(O)CC4OC[C@@]4(O)C3C(OC(=O)c3ccccc3)C(O)(CC1OC(=O)C(O)[C@@H](C)c1ccccc1)C2(C)C.[Ac].[Ac]. The van der Waals surface area contributed by atoms with Crippen molar-refractivity contribution in [2.24, 2.45) is 33.5 Å². The third kappa shape index (κ3) is 14.2. The van der Waals surface area contributed by atoms with E-state index in [9.17, 15) is 74.4 Å². The van der Waals surface area contributed by atoms with Crippen LogP contribution >= 0.6 is 0 Å². The normalized spacial score (nSPS) is 34.1. The van der Waals surface area contributed by atoms with Crippen LogP contribution in [0.3, 0.4) is 0 Å². The molecule has 8 aliphatic rings. The first-order valence-electron chi connectivity index (χ1n) is 34.8. The van der Waals surface area contributed by atoms with E-state index in [0.29, 0.717) is 33.4 Å². The molecule has 2 saturated heterocycles. The zero-order valence-corrected chi connectivity index (χ0v) is 69.2. The van der Waals surface area contributed by atoms with Gasteiger partial charge in [0, 0.05) is 161 Å². The van der Waals surface area contributed by atoms with Gasteiger partial charge in [-0.25, -0.2) is 19.2 Å². The van der Waals surface area contributed by atoms with Gasteiger partial charge in [-0.3, -0.25) is 14.4 Å². The summed E-state index contributed by atoms with van der Waals surface area (Å²) in [6.45, 7) is 14.7. The van der Waals surface area contributed by atoms with E-state index >= 15 is 0 Å². The molecule has 9 N–H and O–H groups in total. The summed E-state index contributed by atoms with van der Waals surface area (Å²) >= 11 is 0. The average molecular weight is 1870 g/mol. The molecule has 556 valence electrons. The fourth-order valence-corrected chi connectivity index (χ4v) is 17.9. The molecule has 6 fully saturated rings. The second-order valence-corrected chi connectivity index (χ2v) is 30.7. The van der Waals surface area contributed by atoms with Gasteiger partial charge in [0.2, 0.25) is 0 Å². The van der Waals surface area contributed by atoms with Gasteiger partial charge in [0.15, 0.2) is 12.2 Å². The molecule has 6 aliphatic carbocycles. The topological polar surface area (TPSA) is 349 Å². The molecular formula is C81H95Ac2NO21. The summed E-state index contributed by atoms with van der Waals surface area (Å²) in [7, 11) is 0. The number of amides is 1. The molecule has 20 atom stereocenters. The molecule has 24 heteroatoms. The fraction of sp³-hybridized carbons (Fsp3) is 0.494. The predicted molar refractivity (Wildman–Crippen MR) is 373 cm³/mol. The Morgan fingerprint density at radius 3 is 1.18 bits per heavy atom. The van der Waals surface area contributed by atoms with Gasteiger partial charge < -0.3 is 74.6 Å². The monoisotopic (exact) mass is 1870 g/mol. The van der Waals surface area contributed by atoms with Gasteiger partial charge in [-0.1, -0.05) is 168 Å². The molecule has 13 rings (SSSR count). The molecular weight excluding hydrogens is 1780 g/mol. The second kappa shape index (κ2) is 31.6. The maximum Gasteiger partial charge on any atom is 0.338 e. The predicted octanol–water partition coefficient (Wildman–Crippen LogP) is 7.52. The largest absolute Gasteiger partial charge is 0.456 e. The molecule has 5 aromatic carbocycles. The van der Waals surface area contributed by atoms with E-state index in [1.54, 1.807) is 189 Å².